The number of hydrogen-bond donors (Lipinski definition) is 10. The summed E-state index contributed by atoms with van der Waals surface area (Å²) < 4.78 is 82.9. The highest BCUT2D eigenvalue weighted by atomic mass is 31.3. The lowest BCUT2D eigenvalue weighted by atomic mass is 9.78. The number of aliphatic hydroxyl groups excluding tert-OH is 5. The number of esters is 1. The first-order valence-electron chi connectivity index (χ1n) is 29.9. The molecule has 8 heterocycles. The highest BCUT2D eigenvalue weighted by molar-refractivity contribution is 7.59. The Labute approximate surface area is 537 Å². The van der Waals surface area contributed by atoms with Gasteiger partial charge in [-0.25, -0.2) is 19.3 Å². The van der Waals surface area contributed by atoms with Gasteiger partial charge < -0.3 is 109 Å². The number of phosphoric acid groups is 2. The number of likely N-dealkylation sites (N-methyl/N-ethyl adjacent to an activating group) is 1. The molecule has 6 aliphatic rings. The number of aliphatic hydroxyl groups is 5. The number of nitrogen functional groups attached to an aromatic ring is 1. The van der Waals surface area contributed by atoms with Crippen LogP contribution in [0.2, 0.25) is 0 Å². The minimum Gasteiger partial charge on any atom is -0.872 e. The molecule has 6 aliphatic heterocycles. The number of aromatic hydroxyl groups is 2. The minimum atomic E-state index is -5.98. The SMILES string of the molecule is CO[C@H]1C=CO[C@@]2(C)Oc3c(C)c([O-])c4c(O)c(c(/C=N/N5CC[NH+](C)CC5)c(O)c4c3C2=O)NC(=O)C(C)=CC=C[C@H](C)[C@H](O)[C@@H](C)[C@@H](OC2O[C@H](COP(=O)([O-])OP(=O)([O-])OC[C@H]3O[C@@H](n4cnc5c(N)ncnc54)[C@H](O)[C@@H]3O)[C@@H](O)[C@H]2O)[C@@H](C)[C@H](OC(C)=O)[C@@H]1C. The number of aromatic nitrogens is 4. The van der Waals surface area contributed by atoms with E-state index in [1.54, 1.807) is 32.7 Å². The number of carbonyl (C=O) groups is 3. The molecule has 5 bridgehead atoms. The summed E-state index contributed by atoms with van der Waals surface area (Å²) in [4.78, 5) is 81.1. The second-order valence-corrected chi connectivity index (χ2v) is 27.0. The Morgan fingerprint density at radius 2 is 1.54 bits per heavy atom. The van der Waals surface area contributed by atoms with E-state index >= 15 is 0 Å². The monoisotopic (exact) mass is 1360 g/mol. The number of Topliss-reactive ketones (excluding diaryl/α,β-unsaturated/α-hetero) is 1. The number of imidazole rings is 1. The second-order valence-electron chi connectivity index (χ2n) is 24.1. The zero-order chi connectivity index (χ0) is 68.8. The average Bonchev–Trinajstić information content (AvgIpc) is 1.41. The van der Waals surface area contributed by atoms with Gasteiger partial charge in [0.15, 0.2) is 24.0 Å². The molecule has 4 aromatic rings. The summed E-state index contributed by atoms with van der Waals surface area (Å²) in [6, 6.07) is 0. The standard InChI is InChI=1S/C58H79N9O25P2/c1-25-12-11-13-26(2)55(78)64-39-32(20-63-66-17-15-65(9)16-18-66)43(71)36-37(46(39)74)42(70)29(5)51-38(36)52(77)58(8,91-51)84-19-14-33(83-10)27(3)49(87-31(7)68)30(6)50(28(4)41(25)69)90-57-48(76)45(73)35(89-57)22-86-94(81,82)92-93(79,80)85-21-34-44(72)47(75)56(88-34)67-24-62-40-53(59)60-23-61-54(40)67/h11-14,19-20,23-25,27-28,30,33-35,41,44-45,47-50,56-57,69-76H,15-18,21-22H2,1-10H3,(H,64,78)(H,79,80)(H,81,82)(H2,59,60,61)/p-2/b12-11?,19-14?,26-13?,63-20+/t25-,27+,28+,30-,33-,34+,35+,41-,44+,45+,47+,48+,49+,50+,56+,57?,58-/m0/s1. The Morgan fingerprint density at radius 1 is 0.894 bits per heavy atom. The van der Waals surface area contributed by atoms with Crippen LogP contribution >= 0.6 is 15.6 Å². The van der Waals surface area contributed by atoms with Gasteiger partial charge in [0.2, 0.25) is 0 Å². The largest absolute Gasteiger partial charge is 0.872 e. The van der Waals surface area contributed by atoms with E-state index in [9.17, 15) is 74.2 Å². The normalized spacial score (nSPS) is 32.8. The van der Waals surface area contributed by atoms with Crippen LogP contribution in [0.4, 0.5) is 11.5 Å². The van der Waals surface area contributed by atoms with Gasteiger partial charge in [-0.15, -0.1) is 0 Å². The molecule has 3 unspecified atom stereocenters. The highest BCUT2D eigenvalue weighted by Crippen LogP contribution is 2.57. The van der Waals surface area contributed by atoms with E-state index in [-0.39, 0.29) is 45.0 Å². The molecule has 94 heavy (non-hydrogen) atoms. The van der Waals surface area contributed by atoms with Crippen molar-refractivity contribution in [1.82, 2.24) is 24.5 Å². The summed E-state index contributed by atoms with van der Waals surface area (Å²) in [5.41, 5.74) is 4.93. The number of amides is 1. The number of rotatable bonds is 15. The molecule has 10 rings (SSSR count). The van der Waals surface area contributed by atoms with Crippen LogP contribution in [0.1, 0.15) is 76.2 Å². The van der Waals surface area contributed by atoms with E-state index in [1.807, 2.05) is 7.05 Å². The summed E-state index contributed by atoms with van der Waals surface area (Å²) in [7, 11) is -8.56. The molecule has 2 aromatic heterocycles. The number of phenolic OH excluding ortho intramolecular Hbond substituents is 2. The minimum absolute atomic E-state index is 0.0103. The Kier molecular flexibility index (Phi) is 21.7. The number of nitrogens with one attached hydrogen (secondary N) is 2. The van der Waals surface area contributed by atoms with Crippen LogP contribution in [-0.4, -0.2) is 211 Å². The van der Waals surface area contributed by atoms with E-state index in [0.717, 1.165) is 32.6 Å². The maximum absolute atomic E-state index is 14.8. The number of fused-ring (bicyclic) bond motifs is 15. The number of carbonyl (C=O) groups excluding carboxylic acids is 3. The number of nitrogens with two attached hydrogens (primary N) is 1. The van der Waals surface area contributed by atoms with Gasteiger partial charge in [-0.2, -0.15) is 5.10 Å². The summed E-state index contributed by atoms with van der Waals surface area (Å²) in [5, 5.41) is 103. The van der Waals surface area contributed by atoms with Crippen LogP contribution in [0.5, 0.6) is 23.0 Å². The lowest BCUT2D eigenvalue weighted by Gasteiger charge is -2.41. The third-order valence-corrected chi connectivity index (χ3v) is 20.0. The number of phosphoric ester groups is 2. The van der Waals surface area contributed by atoms with Gasteiger partial charge in [0.25, 0.3) is 27.3 Å². The highest BCUT2D eigenvalue weighted by Gasteiger charge is 2.52. The number of phenols is 2. The lowest BCUT2D eigenvalue weighted by molar-refractivity contribution is -0.884. The molecular weight excluding hydrogens is 1280 g/mol. The Bertz CT molecular complexity index is 3730. The fourth-order valence-corrected chi connectivity index (χ4v) is 14.0. The van der Waals surface area contributed by atoms with Crippen molar-refractivity contribution in [3.8, 4) is 23.0 Å². The first kappa shape index (κ1) is 71.5. The van der Waals surface area contributed by atoms with Gasteiger partial charge >= 0.3 is 11.8 Å². The fourth-order valence-electron chi connectivity index (χ4n) is 12.0. The van der Waals surface area contributed by atoms with Crippen molar-refractivity contribution in [2.45, 2.75) is 135 Å². The Balaban J connectivity index is 0.964. The van der Waals surface area contributed by atoms with Gasteiger partial charge in [-0.05, 0) is 25.5 Å². The third kappa shape index (κ3) is 14.6. The number of benzene rings is 2. The van der Waals surface area contributed by atoms with Crippen LogP contribution in [0, 0.1) is 30.6 Å². The third-order valence-electron chi connectivity index (χ3n) is 17.5. The average molecular weight is 1360 g/mol. The fraction of sp³-hybridized carbons (Fsp3) is 0.569. The number of hydrogen-bond acceptors (Lipinski definition) is 31. The summed E-state index contributed by atoms with van der Waals surface area (Å²) >= 11 is 0. The number of piperazine rings is 1. The Morgan fingerprint density at radius 3 is 2.19 bits per heavy atom. The first-order chi connectivity index (χ1) is 44.2. The van der Waals surface area contributed by atoms with E-state index in [2.05, 4.69) is 29.7 Å². The van der Waals surface area contributed by atoms with Crippen molar-refractivity contribution >= 4 is 73.0 Å². The molecule has 11 N–H and O–H groups in total. The molecule has 0 aliphatic carbocycles. The van der Waals surface area contributed by atoms with Crippen LogP contribution in [0.25, 0.3) is 21.9 Å². The first-order valence-corrected chi connectivity index (χ1v) is 32.8. The van der Waals surface area contributed by atoms with Gasteiger partial charge in [-0.1, -0.05) is 51.7 Å². The maximum atomic E-state index is 14.8. The van der Waals surface area contributed by atoms with Crippen molar-refractivity contribution in [3.63, 3.8) is 0 Å². The van der Waals surface area contributed by atoms with Crippen LogP contribution in [0.15, 0.2) is 53.9 Å². The molecule has 0 spiro atoms. The molecule has 36 heteroatoms. The van der Waals surface area contributed by atoms with Crippen molar-refractivity contribution in [1.29, 1.82) is 0 Å². The molecular formula is C58H77N9O25P2-2. The molecule has 19 atom stereocenters. The number of allylic oxidation sites excluding steroid dienone is 2. The van der Waals surface area contributed by atoms with Gasteiger partial charge in [-0.3, -0.25) is 33.1 Å². The number of quaternary nitrogens is 1. The number of hydrazone groups is 1. The quantitative estimate of drug-likeness (QED) is 0.0219. The number of nitrogens with zero attached hydrogens (tertiary/aromatic N) is 6. The lowest BCUT2D eigenvalue weighted by Crippen LogP contribution is -3.11. The molecule has 0 saturated carbocycles. The van der Waals surface area contributed by atoms with Gasteiger partial charge in [0, 0.05) is 61.0 Å². The molecule has 2 aromatic carbocycles. The van der Waals surface area contributed by atoms with E-state index in [1.165, 1.54) is 74.2 Å². The van der Waals surface area contributed by atoms with E-state index in [4.69, 9.17) is 47.9 Å². The van der Waals surface area contributed by atoms with Crippen molar-refractivity contribution < 1.29 is 126 Å². The van der Waals surface area contributed by atoms with E-state index < -0.39 is 183 Å². The van der Waals surface area contributed by atoms with Crippen LogP contribution in [-0.2, 0) is 60.5 Å². The van der Waals surface area contributed by atoms with E-state index in [0.29, 0.717) is 13.1 Å². The van der Waals surface area contributed by atoms with Crippen LogP contribution < -0.4 is 35.6 Å². The number of ketones is 1. The molecule has 1 amide bonds. The predicted octanol–water partition coefficient (Wildman–Crippen LogP) is -1.21. The molecule has 0 radical (unpaired) electrons. The zero-order valence-corrected chi connectivity index (χ0v) is 54.5. The summed E-state index contributed by atoms with van der Waals surface area (Å²) in [6.45, 7) is 11.7. The van der Waals surface area contributed by atoms with Gasteiger partial charge in [0.05, 0.1) is 100 Å². The smallest absolute Gasteiger partial charge is 0.312 e. The second kappa shape index (κ2) is 28.5. The predicted molar refractivity (Wildman–Crippen MR) is 321 cm³/mol. The van der Waals surface area contributed by atoms with Crippen molar-refractivity contribution in [3.05, 3.63) is 65.5 Å². The summed E-state index contributed by atoms with van der Waals surface area (Å²) in [6.07, 6.45) is -9.07. The topological polar surface area (TPSA) is 490 Å². The van der Waals surface area contributed by atoms with Crippen molar-refractivity contribution in [2.75, 3.05) is 64.6 Å². The number of ether oxygens (including phenoxy) is 7. The molecule has 3 saturated heterocycles. The van der Waals surface area contributed by atoms with Crippen molar-refractivity contribution in [2.24, 2.45) is 28.8 Å². The zero-order valence-electron chi connectivity index (χ0n) is 52.7. The number of anilines is 2. The van der Waals surface area contributed by atoms with Crippen LogP contribution in [0.3, 0.4) is 0 Å². The Hall–Kier alpha value is -6.79. The van der Waals surface area contributed by atoms with Gasteiger partial charge in [0.1, 0.15) is 71.8 Å². The molecule has 3 fully saturated rings. The summed E-state index contributed by atoms with van der Waals surface area (Å²) in [5.74, 6) is -11.2. The maximum Gasteiger partial charge on any atom is 0.312 e. The molecule has 516 valence electrons. The number of methoxy groups -OCH3 is 1. The molecule has 34 nitrogen and oxygen atoms in total.